The molecule has 1 unspecified atom stereocenters. The van der Waals surface area contributed by atoms with Crippen molar-refractivity contribution in [3.8, 4) is 0 Å². The number of pyridine rings is 1. The maximum atomic E-state index is 13.2. The minimum absolute atomic E-state index is 0.0822. The average molecular weight is 440 g/mol. The zero-order valence-electron chi connectivity index (χ0n) is 18.5. The van der Waals surface area contributed by atoms with Gasteiger partial charge in [0.15, 0.2) is 0 Å². The van der Waals surface area contributed by atoms with E-state index in [-0.39, 0.29) is 29.9 Å². The molecule has 1 aromatic carbocycles. The van der Waals surface area contributed by atoms with Crippen molar-refractivity contribution in [1.82, 2.24) is 9.97 Å². The van der Waals surface area contributed by atoms with Gasteiger partial charge in [-0.25, -0.2) is 9.37 Å². The van der Waals surface area contributed by atoms with Crippen molar-refractivity contribution in [2.75, 3.05) is 17.7 Å². The van der Waals surface area contributed by atoms with Crippen molar-refractivity contribution in [3.63, 3.8) is 0 Å². The third kappa shape index (κ3) is 4.76. The first kappa shape index (κ1) is 22.2. The molecule has 1 aliphatic rings. The molecule has 0 saturated heterocycles. The fourth-order valence-electron chi connectivity index (χ4n) is 4.31. The summed E-state index contributed by atoms with van der Waals surface area (Å²) in [5.41, 5.74) is 9.39. The lowest BCUT2D eigenvalue weighted by Gasteiger charge is -2.28. The summed E-state index contributed by atoms with van der Waals surface area (Å²) in [6, 6.07) is 8.16. The maximum Gasteiger partial charge on any atom is 0.259 e. The van der Waals surface area contributed by atoms with Crippen LogP contribution in [0.5, 0.6) is 0 Å². The predicted octanol–water partition coefficient (Wildman–Crippen LogP) is 4.73. The molecule has 3 aromatic rings. The summed E-state index contributed by atoms with van der Waals surface area (Å²) in [5.74, 6) is -0.657. The van der Waals surface area contributed by atoms with Crippen molar-refractivity contribution in [1.29, 1.82) is 0 Å². The van der Waals surface area contributed by atoms with Crippen LogP contribution < -0.4 is 16.4 Å². The van der Waals surface area contributed by atoms with Gasteiger partial charge in [-0.15, -0.1) is 0 Å². The molecule has 4 rings (SSSR count). The highest BCUT2D eigenvalue weighted by Crippen LogP contribution is 2.33. The number of carbonyl (C=O) groups is 1. The number of nitrogens with zero attached hydrogens (tertiary/aromatic N) is 1. The van der Waals surface area contributed by atoms with Crippen molar-refractivity contribution in [3.05, 3.63) is 53.6 Å². The lowest BCUT2D eigenvalue weighted by Crippen LogP contribution is -2.33. The van der Waals surface area contributed by atoms with Gasteiger partial charge in [-0.1, -0.05) is 6.92 Å². The van der Waals surface area contributed by atoms with E-state index in [9.17, 15) is 9.18 Å². The summed E-state index contributed by atoms with van der Waals surface area (Å²) >= 11 is 0. The number of fused-ring (bicyclic) bond motifs is 1. The molecule has 32 heavy (non-hydrogen) atoms. The molecule has 0 spiro atoms. The molecule has 1 saturated carbocycles. The molecule has 8 heteroatoms. The number of ether oxygens (including phenoxy) is 1. The summed E-state index contributed by atoms with van der Waals surface area (Å²) in [7, 11) is 1.68. The van der Waals surface area contributed by atoms with Crippen LogP contribution in [0.15, 0.2) is 36.5 Å². The number of amides is 1. The van der Waals surface area contributed by atoms with Crippen LogP contribution in [-0.2, 0) is 4.74 Å². The van der Waals surface area contributed by atoms with Gasteiger partial charge >= 0.3 is 0 Å². The van der Waals surface area contributed by atoms with Crippen molar-refractivity contribution >= 4 is 28.3 Å². The second kappa shape index (κ2) is 9.67. The third-order valence-corrected chi connectivity index (χ3v) is 6.15. The standard InChI is InChI=1S/C24H30FN5O2/c1-3-21(32-2)20-12-18-22(28-16-10-6-15(26)7-11-16)19(13-27-23(18)30-20)24(31)29-17-8-4-14(25)5-9-17/h4-5,8-9,12-13,15-16,21H,3,6-7,10-11,26H2,1-2H3,(H,29,31)(H2,27,28,30). The minimum Gasteiger partial charge on any atom is -0.381 e. The Kier molecular flexibility index (Phi) is 6.72. The van der Waals surface area contributed by atoms with E-state index in [1.54, 1.807) is 13.3 Å². The largest absolute Gasteiger partial charge is 0.381 e. The van der Waals surface area contributed by atoms with Gasteiger partial charge in [0.05, 0.1) is 17.4 Å². The molecular weight excluding hydrogens is 409 g/mol. The molecule has 0 radical (unpaired) electrons. The van der Waals surface area contributed by atoms with E-state index in [2.05, 4.69) is 27.5 Å². The molecular formula is C24H30FN5O2. The van der Waals surface area contributed by atoms with E-state index in [1.165, 1.54) is 24.3 Å². The lowest BCUT2D eigenvalue weighted by atomic mass is 9.91. The van der Waals surface area contributed by atoms with Gasteiger partial charge in [-0.2, -0.15) is 0 Å². The molecule has 0 aliphatic heterocycles. The van der Waals surface area contributed by atoms with Crippen LogP contribution in [0.2, 0.25) is 0 Å². The summed E-state index contributed by atoms with van der Waals surface area (Å²) in [6.07, 6.45) is 6.08. The third-order valence-electron chi connectivity index (χ3n) is 6.15. The second-order valence-corrected chi connectivity index (χ2v) is 8.38. The number of anilines is 2. The fraction of sp³-hybridized carbons (Fsp3) is 0.417. The Morgan fingerprint density at radius 3 is 2.66 bits per heavy atom. The number of methoxy groups -OCH3 is 1. The van der Waals surface area contributed by atoms with Gasteiger partial charge in [0, 0.05) is 42.2 Å². The van der Waals surface area contributed by atoms with Crippen LogP contribution in [-0.4, -0.2) is 35.1 Å². The first-order valence-corrected chi connectivity index (χ1v) is 11.1. The summed E-state index contributed by atoms with van der Waals surface area (Å²) in [4.78, 5) is 21.0. The molecule has 2 heterocycles. The highest BCUT2D eigenvalue weighted by Gasteiger charge is 2.24. The number of H-pyrrole nitrogens is 1. The van der Waals surface area contributed by atoms with Crippen LogP contribution in [0.25, 0.3) is 11.0 Å². The summed E-state index contributed by atoms with van der Waals surface area (Å²) < 4.78 is 18.8. The Morgan fingerprint density at radius 2 is 2.00 bits per heavy atom. The Morgan fingerprint density at radius 1 is 1.28 bits per heavy atom. The number of hydrogen-bond acceptors (Lipinski definition) is 5. The monoisotopic (exact) mass is 439 g/mol. The molecule has 5 N–H and O–H groups in total. The second-order valence-electron chi connectivity index (χ2n) is 8.38. The van der Waals surface area contributed by atoms with Gasteiger partial charge in [0.25, 0.3) is 5.91 Å². The van der Waals surface area contributed by atoms with Gasteiger partial charge < -0.3 is 26.1 Å². The van der Waals surface area contributed by atoms with Crippen LogP contribution in [0, 0.1) is 5.82 Å². The maximum absolute atomic E-state index is 13.2. The molecule has 1 amide bonds. The molecule has 0 bridgehead atoms. The first-order valence-electron chi connectivity index (χ1n) is 11.1. The zero-order chi connectivity index (χ0) is 22.7. The number of aromatic amines is 1. The number of hydrogen-bond donors (Lipinski definition) is 4. The van der Waals surface area contributed by atoms with Crippen LogP contribution in [0.1, 0.15) is 61.2 Å². The van der Waals surface area contributed by atoms with Gasteiger partial charge in [0.1, 0.15) is 11.5 Å². The minimum atomic E-state index is -0.354. The highest BCUT2D eigenvalue weighted by atomic mass is 19.1. The van der Waals surface area contributed by atoms with E-state index < -0.39 is 0 Å². The van der Waals surface area contributed by atoms with E-state index in [0.29, 0.717) is 16.9 Å². The molecule has 1 aliphatic carbocycles. The topological polar surface area (TPSA) is 105 Å². The smallest absolute Gasteiger partial charge is 0.259 e. The number of nitrogens with two attached hydrogens (primary N) is 1. The van der Waals surface area contributed by atoms with Crippen molar-refractivity contribution in [2.24, 2.45) is 5.73 Å². The first-order chi connectivity index (χ1) is 15.5. The number of halogens is 1. The molecule has 1 fully saturated rings. The van der Waals surface area contributed by atoms with E-state index in [0.717, 1.165) is 48.9 Å². The fourth-order valence-corrected chi connectivity index (χ4v) is 4.31. The van der Waals surface area contributed by atoms with Crippen molar-refractivity contribution < 1.29 is 13.9 Å². The lowest BCUT2D eigenvalue weighted by molar-refractivity contribution is 0.0971. The predicted molar refractivity (Wildman–Crippen MR) is 124 cm³/mol. The van der Waals surface area contributed by atoms with Gasteiger partial charge in [0.2, 0.25) is 0 Å². The number of rotatable bonds is 7. The highest BCUT2D eigenvalue weighted by molar-refractivity contribution is 6.12. The Hall–Kier alpha value is -2.97. The summed E-state index contributed by atoms with van der Waals surface area (Å²) in [5, 5.41) is 7.29. The van der Waals surface area contributed by atoms with Crippen LogP contribution >= 0.6 is 0 Å². The van der Waals surface area contributed by atoms with Crippen LogP contribution in [0.3, 0.4) is 0 Å². The molecule has 170 valence electrons. The Bertz CT molecular complexity index is 1070. The average Bonchev–Trinajstić information content (AvgIpc) is 3.22. The molecule has 7 nitrogen and oxygen atoms in total. The van der Waals surface area contributed by atoms with E-state index in [4.69, 9.17) is 10.5 Å². The van der Waals surface area contributed by atoms with Gasteiger partial charge in [-0.3, -0.25) is 4.79 Å². The quantitative estimate of drug-likeness (QED) is 0.426. The zero-order valence-corrected chi connectivity index (χ0v) is 18.5. The van der Waals surface area contributed by atoms with Crippen LogP contribution in [0.4, 0.5) is 15.8 Å². The van der Waals surface area contributed by atoms with E-state index >= 15 is 0 Å². The summed E-state index contributed by atoms with van der Waals surface area (Å²) in [6.45, 7) is 2.05. The SMILES string of the molecule is CCC(OC)c1cc2c(NC3CCC(N)CC3)c(C(=O)Nc3ccc(F)cc3)cnc2[nH]1. The number of aromatic nitrogens is 2. The number of benzene rings is 1. The van der Waals surface area contributed by atoms with E-state index in [1.807, 2.05) is 6.07 Å². The number of carbonyl (C=O) groups excluding carboxylic acids is 1. The van der Waals surface area contributed by atoms with Gasteiger partial charge in [-0.05, 0) is 62.4 Å². The number of nitrogens with one attached hydrogen (secondary N) is 3. The Labute approximate surface area is 186 Å². The molecule has 1 atom stereocenters. The molecule has 2 aromatic heterocycles. The van der Waals surface area contributed by atoms with Crippen molar-refractivity contribution in [2.45, 2.75) is 57.2 Å². The normalized spacial score (nSPS) is 19.6. The Balaban J connectivity index is 1.71.